The molecule has 2 N–H and O–H groups in total. The first-order chi connectivity index (χ1) is 9.08. The third kappa shape index (κ3) is 3.72. The van der Waals surface area contributed by atoms with E-state index in [0.29, 0.717) is 23.5 Å². The van der Waals surface area contributed by atoms with Gasteiger partial charge in [-0.25, -0.2) is 0 Å². The molecule has 0 fully saturated rings. The second-order valence-corrected chi connectivity index (χ2v) is 6.31. The van der Waals surface area contributed by atoms with Gasteiger partial charge in [0.15, 0.2) is 0 Å². The Kier molecular flexibility index (Phi) is 4.86. The summed E-state index contributed by atoms with van der Waals surface area (Å²) in [6.07, 6.45) is 0. The molecule has 1 unspecified atom stereocenters. The summed E-state index contributed by atoms with van der Waals surface area (Å²) in [5, 5.41) is 16.1. The molecule has 0 amide bonds. The molecule has 102 valence electrons. The lowest BCUT2D eigenvalue weighted by Gasteiger charge is -2.21. The molecule has 0 radical (unpaired) electrons. The summed E-state index contributed by atoms with van der Waals surface area (Å²) in [6.45, 7) is 4.98. The van der Waals surface area contributed by atoms with Crippen molar-refractivity contribution in [1.82, 2.24) is 5.32 Å². The number of phenolic OH excluding ortho intramolecular Hbond substituents is 1. The van der Waals surface area contributed by atoms with E-state index in [0.717, 1.165) is 5.56 Å². The van der Waals surface area contributed by atoms with Crippen LogP contribution in [0.3, 0.4) is 0 Å². The lowest BCUT2D eigenvalue weighted by molar-refractivity contribution is 0.407. The van der Waals surface area contributed by atoms with Crippen molar-refractivity contribution in [3.63, 3.8) is 0 Å². The van der Waals surface area contributed by atoms with E-state index in [1.807, 2.05) is 0 Å². The van der Waals surface area contributed by atoms with Gasteiger partial charge in [0.25, 0.3) is 0 Å². The van der Waals surface area contributed by atoms with Gasteiger partial charge < -0.3 is 10.4 Å². The average Bonchev–Trinajstić information content (AvgIpc) is 2.87. The summed E-state index contributed by atoms with van der Waals surface area (Å²) in [4.78, 5) is 1.32. The minimum absolute atomic E-state index is 0.283. The van der Waals surface area contributed by atoms with Gasteiger partial charge in [-0.2, -0.15) is 0 Å². The van der Waals surface area contributed by atoms with Crippen LogP contribution in [0.1, 0.15) is 30.3 Å². The van der Waals surface area contributed by atoms with E-state index in [9.17, 15) is 5.11 Å². The van der Waals surface area contributed by atoms with Crippen LogP contribution in [0.25, 0.3) is 0 Å². The van der Waals surface area contributed by atoms with Crippen molar-refractivity contribution in [1.29, 1.82) is 0 Å². The Morgan fingerprint density at radius 2 is 2.11 bits per heavy atom. The van der Waals surface area contributed by atoms with Gasteiger partial charge in [-0.15, -0.1) is 11.3 Å². The molecule has 0 saturated heterocycles. The Balaban J connectivity index is 2.09. The van der Waals surface area contributed by atoms with Gasteiger partial charge in [-0.05, 0) is 35.6 Å². The zero-order chi connectivity index (χ0) is 13.8. The maximum atomic E-state index is 9.82. The minimum atomic E-state index is 0.283. The summed E-state index contributed by atoms with van der Waals surface area (Å²) in [6, 6.07) is 9.62. The van der Waals surface area contributed by atoms with Gasteiger partial charge >= 0.3 is 0 Å². The van der Waals surface area contributed by atoms with Crippen molar-refractivity contribution in [3.8, 4) is 5.75 Å². The third-order valence-electron chi connectivity index (χ3n) is 3.07. The second kappa shape index (κ2) is 6.42. The van der Waals surface area contributed by atoms with Crippen molar-refractivity contribution in [2.24, 2.45) is 5.92 Å². The molecule has 2 nitrogen and oxygen atoms in total. The van der Waals surface area contributed by atoms with E-state index < -0.39 is 0 Å². The minimum Gasteiger partial charge on any atom is -0.508 e. The molecular weight excluding hydrogens is 278 g/mol. The van der Waals surface area contributed by atoms with E-state index >= 15 is 0 Å². The Morgan fingerprint density at radius 1 is 1.32 bits per heavy atom. The van der Waals surface area contributed by atoms with Crippen molar-refractivity contribution in [3.05, 3.63) is 51.2 Å². The van der Waals surface area contributed by atoms with Crippen molar-refractivity contribution in [2.75, 3.05) is 0 Å². The molecule has 1 aromatic heterocycles. The Labute approximate surface area is 123 Å². The molecule has 4 heteroatoms. The van der Waals surface area contributed by atoms with Crippen LogP contribution in [-0.4, -0.2) is 5.11 Å². The highest BCUT2D eigenvalue weighted by molar-refractivity contribution is 7.10. The van der Waals surface area contributed by atoms with Crippen LogP contribution in [0.2, 0.25) is 5.02 Å². The van der Waals surface area contributed by atoms with Crippen LogP contribution in [0.5, 0.6) is 5.75 Å². The fourth-order valence-corrected chi connectivity index (χ4v) is 3.22. The summed E-state index contributed by atoms with van der Waals surface area (Å²) in [7, 11) is 0. The van der Waals surface area contributed by atoms with Gasteiger partial charge in [0.1, 0.15) is 5.75 Å². The predicted molar refractivity (Wildman–Crippen MR) is 81.9 cm³/mol. The molecule has 0 bridgehead atoms. The number of halogens is 1. The fraction of sp³-hybridized carbons (Fsp3) is 0.333. The molecular formula is C15H18ClNOS. The number of rotatable bonds is 5. The van der Waals surface area contributed by atoms with Crippen LogP contribution < -0.4 is 5.32 Å². The van der Waals surface area contributed by atoms with Gasteiger partial charge in [-0.3, -0.25) is 0 Å². The predicted octanol–water partition coefficient (Wildman–Crippen LogP) is 4.59. The van der Waals surface area contributed by atoms with Crippen molar-refractivity contribution < 1.29 is 5.11 Å². The molecule has 1 aromatic carbocycles. The highest BCUT2D eigenvalue weighted by Crippen LogP contribution is 2.27. The van der Waals surface area contributed by atoms with Gasteiger partial charge in [0, 0.05) is 28.0 Å². The van der Waals surface area contributed by atoms with E-state index in [1.165, 1.54) is 4.88 Å². The number of nitrogens with one attached hydrogen (secondary N) is 1. The molecule has 0 aliphatic heterocycles. The summed E-state index contributed by atoms with van der Waals surface area (Å²) in [5.74, 6) is 0.769. The van der Waals surface area contributed by atoms with Crippen LogP contribution >= 0.6 is 22.9 Å². The highest BCUT2D eigenvalue weighted by atomic mass is 35.5. The number of phenols is 1. The van der Waals surface area contributed by atoms with Crippen LogP contribution in [0.4, 0.5) is 0 Å². The molecule has 1 atom stereocenters. The third-order valence-corrected chi connectivity index (χ3v) is 4.26. The topological polar surface area (TPSA) is 32.3 Å². The summed E-state index contributed by atoms with van der Waals surface area (Å²) in [5.41, 5.74) is 0.828. The Morgan fingerprint density at radius 3 is 2.74 bits per heavy atom. The number of hydrogen-bond donors (Lipinski definition) is 2. The number of hydrogen-bond acceptors (Lipinski definition) is 3. The quantitative estimate of drug-likeness (QED) is 0.845. The molecule has 19 heavy (non-hydrogen) atoms. The fourth-order valence-electron chi connectivity index (χ4n) is 2.05. The van der Waals surface area contributed by atoms with E-state index in [-0.39, 0.29) is 5.75 Å². The number of thiophene rings is 1. The van der Waals surface area contributed by atoms with Crippen LogP contribution in [0, 0.1) is 5.92 Å². The largest absolute Gasteiger partial charge is 0.508 e. The normalized spacial score (nSPS) is 12.8. The van der Waals surface area contributed by atoms with E-state index in [4.69, 9.17) is 11.6 Å². The summed E-state index contributed by atoms with van der Waals surface area (Å²) >= 11 is 7.71. The number of aromatic hydroxyl groups is 1. The zero-order valence-corrected chi connectivity index (χ0v) is 12.6. The first kappa shape index (κ1) is 14.4. The summed E-state index contributed by atoms with van der Waals surface area (Å²) < 4.78 is 0. The van der Waals surface area contributed by atoms with Crippen molar-refractivity contribution >= 4 is 22.9 Å². The van der Waals surface area contributed by atoms with Gasteiger partial charge in [-0.1, -0.05) is 31.5 Å². The average molecular weight is 296 g/mol. The molecule has 1 heterocycles. The smallest absolute Gasteiger partial charge is 0.120 e. The molecule has 2 rings (SSSR count). The van der Waals surface area contributed by atoms with Crippen molar-refractivity contribution in [2.45, 2.75) is 26.4 Å². The van der Waals surface area contributed by atoms with E-state index in [1.54, 1.807) is 29.5 Å². The number of benzene rings is 1. The maximum absolute atomic E-state index is 9.82. The monoisotopic (exact) mass is 295 g/mol. The Hall–Kier alpha value is -1.03. The molecule has 2 aromatic rings. The van der Waals surface area contributed by atoms with Gasteiger partial charge in [0.05, 0.1) is 0 Å². The van der Waals surface area contributed by atoms with E-state index in [2.05, 4.69) is 36.7 Å². The molecule has 0 saturated carbocycles. The molecule has 0 aliphatic rings. The molecule has 0 aliphatic carbocycles. The SMILES string of the molecule is CC(C)C(NCc1cc(Cl)ccc1O)c1cccs1. The first-order valence-corrected chi connectivity index (χ1v) is 7.58. The highest BCUT2D eigenvalue weighted by Gasteiger charge is 2.16. The van der Waals surface area contributed by atoms with Gasteiger partial charge in [0.2, 0.25) is 0 Å². The lowest BCUT2D eigenvalue weighted by Crippen LogP contribution is -2.24. The zero-order valence-electron chi connectivity index (χ0n) is 11.1. The second-order valence-electron chi connectivity index (χ2n) is 4.89. The molecule has 0 spiro atoms. The van der Waals surface area contributed by atoms with Crippen LogP contribution in [-0.2, 0) is 6.54 Å². The lowest BCUT2D eigenvalue weighted by atomic mass is 10.0. The standard InChI is InChI=1S/C15H18ClNOS/c1-10(2)15(14-4-3-7-19-14)17-9-11-8-12(16)5-6-13(11)18/h3-8,10,15,17-18H,9H2,1-2H3. The Bertz CT molecular complexity index is 525. The maximum Gasteiger partial charge on any atom is 0.120 e. The first-order valence-electron chi connectivity index (χ1n) is 6.32. The van der Waals surface area contributed by atoms with Crippen LogP contribution in [0.15, 0.2) is 35.7 Å².